The molecule has 0 aliphatic carbocycles. The lowest BCUT2D eigenvalue weighted by atomic mass is 9.85. The van der Waals surface area contributed by atoms with Gasteiger partial charge in [0.25, 0.3) is 5.91 Å². The van der Waals surface area contributed by atoms with E-state index in [1.807, 2.05) is 20.8 Å². The number of urea groups is 1. The van der Waals surface area contributed by atoms with Crippen molar-refractivity contribution in [2.24, 2.45) is 0 Å². The Labute approximate surface area is 199 Å². The van der Waals surface area contributed by atoms with Gasteiger partial charge in [-0.3, -0.25) is 9.69 Å². The topological polar surface area (TPSA) is 91.6 Å². The molecule has 35 heavy (non-hydrogen) atoms. The van der Waals surface area contributed by atoms with Gasteiger partial charge in [0.1, 0.15) is 28.0 Å². The van der Waals surface area contributed by atoms with E-state index >= 15 is 0 Å². The zero-order valence-electron chi connectivity index (χ0n) is 20.2. The van der Waals surface area contributed by atoms with Gasteiger partial charge in [-0.2, -0.15) is 13.2 Å². The van der Waals surface area contributed by atoms with Crippen LogP contribution in [0.2, 0.25) is 0 Å². The van der Waals surface area contributed by atoms with Crippen molar-refractivity contribution in [3.63, 3.8) is 0 Å². The number of likely N-dealkylation sites (N-methyl/N-ethyl adjacent to an activating group) is 1. The maximum absolute atomic E-state index is 13.1. The monoisotopic (exact) mass is 489 g/mol. The molecule has 0 spiro atoms. The van der Waals surface area contributed by atoms with Gasteiger partial charge < -0.3 is 10.0 Å². The van der Waals surface area contributed by atoms with Crippen LogP contribution in [0, 0.1) is 0 Å². The van der Waals surface area contributed by atoms with Crippen LogP contribution < -0.4 is 0 Å². The zero-order valence-corrected chi connectivity index (χ0v) is 20.2. The van der Waals surface area contributed by atoms with Gasteiger partial charge in [-0.15, -0.1) is 15.0 Å². The fourth-order valence-corrected chi connectivity index (χ4v) is 3.87. The first kappa shape index (κ1) is 24.5. The summed E-state index contributed by atoms with van der Waals surface area (Å²) < 4.78 is 39.4. The lowest BCUT2D eigenvalue weighted by Crippen LogP contribution is -2.41. The summed E-state index contributed by atoms with van der Waals surface area (Å²) in [6.45, 7) is 8.92. The Kier molecular flexibility index (Phi) is 5.38. The van der Waals surface area contributed by atoms with Crippen LogP contribution in [0.5, 0.6) is 5.75 Å². The Morgan fingerprint density at radius 2 is 1.60 bits per heavy atom. The first-order valence-corrected chi connectivity index (χ1v) is 10.9. The number of hydrogen-bond acceptors (Lipinski definition) is 5. The van der Waals surface area contributed by atoms with Gasteiger partial charge >= 0.3 is 12.2 Å². The molecule has 8 nitrogen and oxygen atoms in total. The van der Waals surface area contributed by atoms with Gasteiger partial charge in [0.2, 0.25) is 0 Å². The van der Waals surface area contributed by atoms with Crippen LogP contribution in [0.15, 0.2) is 30.3 Å². The second-order valence-electron chi connectivity index (χ2n) is 10.2. The molecule has 1 aromatic heterocycles. The highest BCUT2D eigenvalue weighted by atomic mass is 19.4. The molecule has 186 valence electrons. The van der Waals surface area contributed by atoms with Crippen LogP contribution in [0.4, 0.5) is 18.0 Å². The number of rotatable bonds is 3. The zero-order chi connectivity index (χ0) is 26.1. The van der Waals surface area contributed by atoms with Gasteiger partial charge in [-0.1, -0.05) is 20.8 Å². The number of alkyl halides is 3. The molecule has 1 saturated heterocycles. The molecule has 0 unspecified atom stereocenters. The van der Waals surface area contributed by atoms with E-state index in [4.69, 9.17) is 0 Å². The summed E-state index contributed by atoms with van der Waals surface area (Å²) in [5, 5.41) is 19.5. The number of fused-ring (bicyclic) bond motifs is 1. The van der Waals surface area contributed by atoms with Crippen LogP contribution >= 0.6 is 0 Å². The molecule has 2 aromatic carbocycles. The third-order valence-electron chi connectivity index (χ3n) is 6.41. The number of benzene rings is 2. The molecule has 1 aliphatic heterocycles. The number of phenolic OH excluding ortho intramolecular Hbond substituents is 1. The Bertz CT molecular complexity index is 1350. The van der Waals surface area contributed by atoms with E-state index in [2.05, 4.69) is 10.2 Å². The minimum Gasteiger partial charge on any atom is -0.505 e. The van der Waals surface area contributed by atoms with E-state index < -0.39 is 34.6 Å². The molecule has 1 N–H and O–H groups in total. The lowest BCUT2D eigenvalue weighted by molar-refractivity contribution is -0.137. The third-order valence-corrected chi connectivity index (χ3v) is 6.41. The molecule has 2 heterocycles. The van der Waals surface area contributed by atoms with Crippen LogP contribution in [0.25, 0.3) is 16.7 Å². The minimum absolute atomic E-state index is 0.00945. The van der Waals surface area contributed by atoms with Crippen molar-refractivity contribution in [1.82, 2.24) is 24.8 Å². The Balaban J connectivity index is 1.84. The molecule has 11 heteroatoms. The SMILES string of the molecule is CN1C(=O)N(Cc2cc(C(C)(C)C)cc(-n3nc4ccc(C(F)(F)F)cc4n3)c2O)C(=O)C1(C)C. The smallest absolute Gasteiger partial charge is 0.416 e. The maximum Gasteiger partial charge on any atom is 0.416 e. The summed E-state index contributed by atoms with van der Waals surface area (Å²) in [5.41, 5.74) is -0.894. The number of halogens is 3. The number of imide groups is 1. The fourth-order valence-electron chi connectivity index (χ4n) is 3.87. The maximum atomic E-state index is 13.1. The van der Waals surface area contributed by atoms with Crippen molar-refractivity contribution >= 4 is 23.0 Å². The summed E-state index contributed by atoms with van der Waals surface area (Å²) in [7, 11) is 1.53. The van der Waals surface area contributed by atoms with Gasteiger partial charge in [-0.25, -0.2) is 4.79 Å². The number of phenols is 1. The second-order valence-corrected chi connectivity index (χ2v) is 10.2. The first-order valence-electron chi connectivity index (χ1n) is 10.9. The average molecular weight is 489 g/mol. The molecule has 1 aliphatic rings. The fraction of sp³-hybridized carbons (Fsp3) is 0.417. The van der Waals surface area contributed by atoms with Crippen molar-refractivity contribution < 1.29 is 27.9 Å². The predicted octanol–water partition coefficient (Wildman–Crippen LogP) is 4.62. The van der Waals surface area contributed by atoms with Crippen LogP contribution in [0.3, 0.4) is 0 Å². The minimum atomic E-state index is -4.53. The van der Waals surface area contributed by atoms with Crippen LogP contribution in [-0.4, -0.2) is 54.4 Å². The Morgan fingerprint density at radius 1 is 0.971 bits per heavy atom. The van der Waals surface area contributed by atoms with Crippen LogP contribution in [-0.2, 0) is 22.9 Å². The standard InChI is InChI=1S/C24H26F3N5O3/c1-22(2,3)15-9-13(12-31-20(34)23(4,5)30(6)21(31)35)19(33)18(11-15)32-28-16-8-7-14(24(25,26)27)10-17(16)29-32/h7-11,33H,12H2,1-6H3. The number of hydrogen-bond donors (Lipinski definition) is 1. The number of nitrogens with zero attached hydrogens (tertiary/aromatic N) is 5. The summed E-state index contributed by atoms with van der Waals surface area (Å²) in [4.78, 5) is 29.1. The average Bonchev–Trinajstić information content (AvgIpc) is 3.23. The van der Waals surface area contributed by atoms with E-state index in [1.165, 1.54) is 18.0 Å². The van der Waals surface area contributed by atoms with Gasteiger partial charge in [0.05, 0.1) is 12.1 Å². The molecule has 0 bridgehead atoms. The van der Waals surface area contributed by atoms with Crippen LogP contribution in [0.1, 0.15) is 51.3 Å². The molecule has 0 atom stereocenters. The van der Waals surface area contributed by atoms with Crippen molar-refractivity contribution in [2.45, 2.75) is 58.3 Å². The van der Waals surface area contributed by atoms with Crippen molar-refractivity contribution in [1.29, 1.82) is 0 Å². The summed E-state index contributed by atoms with van der Waals surface area (Å²) in [6, 6.07) is 5.88. The number of carbonyl (C=O) groups excluding carboxylic acids is 2. The second kappa shape index (κ2) is 7.69. The van der Waals surface area contributed by atoms with Crippen molar-refractivity contribution in [2.75, 3.05) is 7.05 Å². The largest absolute Gasteiger partial charge is 0.505 e. The molecule has 3 amide bonds. The van der Waals surface area contributed by atoms with Crippen molar-refractivity contribution in [3.05, 3.63) is 47.0 Å². The summed E-state index contributed by atoms with van der Waals surface area (Å²) in [5.74, 6) is -0.683. The van der Waals surface area contributed by atoms with Crippen molar-refractivity contribution in [3.8, 4) is 11.4 Å². The Morgan fingerprint density at radius 3 is 2.14 bits per heavy atom. The van der Waals surface area contributed by atoms with Gasteiger partial charge in [0, 0.05) is 12.6 Å². The molecule has 0 saturated carbocycles. The number of amides is 3. The number of aromatic hydroxyl groups is 1. The first-order chi connectivity index (χ1) is 16.0. The van der Waals surface area contributed by atoms with E-state index in [0.29, 0.717) is 0 Å². The quantitative estimate of drug-likeness (QED) is 0.543. The summed E-state index contributed by atoms with van der Waals surface area (Å²) in [6.07, 6.45) is -4.53. The molecular formula is C24H26F3N5O3. The molecule has 4 rings (SSSR count). The van der Waals surface area contributed by atoms with E-state index in [1.54, 1.807) is 26.0 Å². The predicted molar refractivity (Wildman–Crippen MR) is 122 cm³/mol. The van der Waals surface area contributed by atoms with Gasteiger partial charge in [0.15, 0.2) is 0 Å². The Hall–Kier alpha value is -3.63. The lowest BCUT2D eigenvalue weighted by Gasteiger charge is -2.23. The molecule has 3 aromatic rings. The van der Waals surface area contributed by atoms with E-state index in [-0.39, 0.29) is 34.6 Å². The summed E-state index contributed by atoms with van der Waals surface area (Å²) >= 11 is 0. The number of carbonyl (C=O) groups is 2. The third kappa shape index (κ3) is 4.08. The highest BCUT2D eigenvalue weighted by Crippen LogP contribution is 2.36. The highest BCUT2D eigenvalue weighted by Gasteiger charge is 2.49. The molecule has 0 radical (unpaired) electrons. The normalized spacial score (nSPS) is 16.6. The highest BCUT2D eigenvalue weighted by molar-refractivity contribution is 6.06. The number of aromatic nitrogens is 3. The van der Waals surface area contributed by atoms with E-state index in [0.717, 1.165) is 27.4 Å². The van der Waals surface area contributed by atoms with Gasteiger partial charge in [-0.05, 0) is 55.2 Å². The molecular weight excluding hydrogens is 463 g/mol. The molecule has 1 fully saturated rings. The van der Waals surface area contributed by atoms with E-state index in [9.17, 15) is 27.9 Å².